The van der Waals surface area contributed by atoms with Crippen LogP contribution in [0.5, 0.6) is 0 Å². The van der Waals surface area contributed by atoms with Gasteiger partial charge in [0.25, 0.3) is 0 Å². The predicted octanol–water partition coefficient (Wildman–Crippen LogP) is 3.92. The molecule has 0 saturated carbocycles. The van der Waals surface area contributed by atoms with Crippen molar-refractivity contribution >= 4 is 12.1 Å². The third-order valence-electron chi connectivity index (χ3n) is 2.03. The van der Waals surface area contributed by atoms with Gasteiger partial charge in [-0.3, -0.25) is 0 Å². The highest BCUT2D eigenvalue weighted by Crippen LogP contribution is 2.16. The van der Waals surface area contributed by atoms with Gasteiger partial charge in [-0.25, -0.2) is 4.99 Å². The van der Waals surface area contributed by atoms with Crippen molar-refractivity contribution in [3.63, 3.8) is 0 Å². The lowest BCUT2D eigenvalue weighted by Gasteiger charge is -2.02. The van der Waals surface area contributed by atoms with Gasteiger partial charge in [-0.05, 0) is 32.4 Å². The second kappa shape index (κ2) is 7.51. The third-order valence-corrected chi connectivity index (χ3v) is 2.03. The molecular formula is C15H19NO. The van der Waals surface area contributed by atoms with E-state index in [1.807, 2.05) is 38.1 Å². The molecule has 90 valence electrons. The van der Waals surface area contributed by atoms with E-state index in [0.717, 1.165) is 24.1 Å². The third kappa shape index (κ3) is 5.21. The molecule has 0 aliphatic carbocycles. The minimum Gasteiger partial charge on any atom is -0.481 e. The summed E-state index contributed by atoms with van der Waals surface area (Å²) in [4.78, 5) is 4.28. The summed E-state index contributed by atoms with van der Waals surface area (Å²) < 4.78 is 5.29. The van der Waals surface area contributed by atoms with Gasteiger partial charge >= 0.3 is 0 Å². The summed E-state index contributed by atoms with van der Waals surface area (Å²) in [6.45, 7) is 6.06. The molecule has 2 nitrogen and oxygen atoms in total. The van der Waals surface area contributed by atoms with Gasteiger partial charge in [0, 0.05) is 6.42 Å². The highest BCUT2D eigenvalue weighted by atomic mass is 16.5. The molecule has 0 heterocycles. The minimum absolute atomic E-state index is 0.150. The van der Waals surface area contributed by atoms with E-state index < -0.39 is 0 Å². The Morgan fingerprint density at radius 2 is 2.12 bits per heavy atom. The Balaban J connectivity index is 2.78. The number of ether oxygens (including phenoxy) is 1. The summed E-state index contributed by atoms with van der Waals surface area (Å²) in [7, 11) is 0. The molecule has 1 rings (SSSR count). The fourth-order valence-electron chi connectivity index (χ4n) is 1.18. The van der Waals surface area contributed by atoms with E-state index in [9.17, 15) is 0 Å². The number of aliphatic imine (C=N–C) groups is 1. The zero-order valence-corrected chi connectivity index (χ0v) is 10.7. The van der Waals surface area contributed by atoms with Crippen molar-refractivity contribution < 1.29 is 4.74 Å². The van der Waals surface area contributed by atoms with Crippen LogP contribution in [0.1, 0.15) is 39.2 Å². The molecule has 0 aliphatic heterocycles. The first-order valence-electron chi connectivity index (χ1n) is 6.00. The molecule has 0 atom stereocenters. The van der Waals surface area contributed by atoms with Gasteiger partial charge in [-0.2, -0.15) is 0 Å². The molecule has 0 bridgehead atoms. The van der Waals surface area contributed by atoms with Crippen molar-refractivity contribution in [1.29, 1.82) is 0 Å². The highest BCUT2D eigenvalue weighted by Gasteiger charge is 1.95. The second-order valence-corrected chi connectivity index (χ2v) is 3.99. The fourth-order valence-corrected chi connectivity index (χ4v) is 1.18. The van der Waals surface area contributed by atoms with Crippen LogP contribution in [0.2, 0.25) is 0 Å². The molecule has 1 aromatic carbocycles. The number of benzene rings is 1. The van der Waals surface area contributed by atoms with Gasteiger partial charge in [0.15, 0.2) is 6.40 Å². The molecule has 0 amide bonds. The van der Waals surface area contributed by atoms with Gasteiger partial charge < -0.3 is 4.74 Å². The minimum atomic E-state index is 0.150. The van der Waals surface area contributed by atoms with Crippen molar-refractivity contribution in [3.8, 4) is 11.8 Å². The van der Waals surface area contributed by atoms with Crippen LogP contribution >= 0.6 is 0 Å². The number of nitrogens with zero attached hydrogens (tertiary/aromatic N) is 1. The molecule has 0 unspecified atom stereocenters. The van der Waals surface area contributed by atoms with E-state index >= 15 is 0 Å². The summed E-state index contributed by atoms with van der Waals surface area (Å²) >= 11 is 0. The van der Waals surface area contributed by atoms with Crippen molar-refractivity contribution in [2.45, 2.75) is 39.7 Å². The Morgan fingerprint density at radius 3 is 2.82 bits per heavy atom. The molecular weight excluding hydrogens is 210 g/mol. The van der Waals surface area contributed by atoms with E-state index in [4.69, 9.17) is 4.74 Å². The molecule has 0 aromatic heterocycles. The average Bonchev–Trinajstić information content (AvgIpc) is 2.31. The maximum absolute atomic E-state index is 5.29. The van der Waals surface area contributed by atoms with E-state index in [1.165, 1.54) is 6.40 Å². The first-order valence-corrected chi connectivity index (χ1v) is 6.00. The highest BCUT2D eigenvalue weighted by molar-refractivity contribution is 5.62. The smallest absolute Gasteiger partial charge is 0.174 e. The van der Waals surface area contributed by atoms with E-state index in [1.54, 1.807) is 0 Å². The molecule has 0 saturated heterocycles. The summed E-state index contributed by atoms with van der Waals surface area (Å²) in [5, 5.41) is 0. The molecule has 0 spiro atoms. The van der Waals surface area contributed by atoms with Crippen LogP contribution < -0.4 is 0 Å². The van der Waals surface area contributed by atoms with E-state index in [0.29, 0.717) is 0 Å². The predicted molar refractivity (Wildman–Crippen MR) is 72.6 cm³/mol. The first-order chi connectivity index (χ1) is 8.24. The largest absolute Gasteiger partial charge is 0.481 e. The Kier molecular flexibility index (Phi) is 5.88. The lowest BCUT2D eigenvalue weighted by Crippen LogP contribution is -1.98. The zero-order valence-electron chi connectivity index (χ0n) is 10.7. The first kappa shape index (κ1) is 13.3. The van der Waals surface area contributed by atoms with Gasteiger partial charge in [0.1, 0.15) is 0 Å². The Hall–Kier alpha value is -1.75. The van der Waals surface area contributed by atoms with Crippen LogP contribution in [0.15, 0.2) is 29.3 Å². The Morgan fingerprint density at radius 1 is 1.35 bits per heavy atom. The quantitative estimate of drug-likeness (QED) is 0.435. The molecule has 1 aromatic rings. The number of hydrogen-bond acceptors (Lipinski definition) is 2. The Labute approximate surface area is 104 Å². The zero-order chi connectivity index (χ0) is 12.5. The molecule has 0 radical (unpaired) electrons. The van der Waals surface area contributed by atoms with Crippen molar-refractivity contribution in [2.24, 2.45) is 4.99 Å². The lowest BCUT2D eigenvalue weighted by atomic mass is 10.2. The summed E-state index contributed by atoms with van der Waals surface area (Å²) in [5.41, 5.74) is 1.81. The van der Waals surface area contributed by atoms with Gasteiger partial charge in [0.05, 0.1) is 17.4 Å². The van der Waals surface area contributed by atoms with Crippen LogP contribution in [0.3, 0.4) is 0 Å². The topological polar surface area (TPSA) is 21.6 Å². The van der Waals surface area contributed by atoms with Crippen LogP contribution in [-0.4, -0.2) is 12.5 Å². The average molecular weight is 229 g/mol. The summed E-state index contributed by atoms with van der Waals surface area (Å²) in [6, 6.07) is 7.84. The van der Waals surface area contributed by atoms with Crippen molar-refractivity contribution in [1.82, 2.24) is 0 Å². The maximum Gasteiger partial charge on any atom is 0.174 e. The van der Waals surface area contributed by atoms with Gasteiger partial charge in [0.2, 0.25) is 0 Å². The van der Waals surface area contributed by atoms with Crippen LogP contribution in [-0.2, 0) is 4.74 Å². The van der Waals surface area contributed by atoms with E-state index in [-0.39, 0.29) is 6.10 Å². The second-order valence-electron chi connectivity index (χ2n) is 3.99. The van der Waals surface area contributed by atoms with Crippen molar-refractivity contribution in [2.75, 3.05) is 0 Å². The molecule has 0 fully saturated rings. The summed E-state index contributed by atoms with van der Waals surface area (Å²) in [5.74, 6) is 6.26. The molecule has 0 aliphatic rings. The van der Waals surface area contributed by atoms with Crippen LogP contribution in [0.25, 0.3) is 0 Å². The molecule has 17 heavy (non-hydrogen) atoms. The summed E-state index contributed by atoms with van der Waals surface area (Å²) in [6.07, 6.45) is 3.64. The SMILES string of the molecule is CCCC#Cc1ccccc1N=COC(C)C. The molecule has 0 N–H and O–H groups in total. The maximum atomic E-state index is 5.29. The number of unbranched alkanes of at least 4 members (excludes halogenated alkanes) is 1. The molecule has 2 heteroatoms. The van der Waals surface area contributed by atoms with Gasteiger partial charge in [-0.15, -0.1) is 0 Å². The number of hydrogen-bond donors (Lipinski definition) is 0. The normalized spacial score (nSPS) is 10.4. The lowest BCUT2D eigenvalue weighted by molar-refractivity contribution is 0.241. The van der Waals surface area contributed by atoms with Gasteiger partial charge in [-0.1, -0.05) is 30.9 Å². The monoisotopic (exact) mass is 229 g/mol. The number of rotatable bonds is 4. The van der Waals surface area contributed by atoms with Crippen LogP contribution in [0, 0.1) is 11.8 Å². The van der Waals surface area contributed by atoms with Crippen molar-refractivity contribution in [3.05, 3.63) is 29.8 Å². The Bertz CT molecular complexity index is 424. The number of para-hydroxylation sites is 1. The fraction of sp³-hybridized carbons (Fsp3) is 0.400. The van der Waals surface area contributed by atoms with Crippen LogP contribution in [0.4, 0.5) is 5.69 Å². The standard InChI is InChI=1S/C15H19NO/c1-4-5-6-9-14-10-7-8-11-15(14)16-12-17-13(2)3/h7-8,10-13H,4-5H2,1-3H3. The van der Waals surface area contributed by atoms with E-state index in [2.05, 4.69) is 23.8 Å².